The molecule has 2 nitrogen and oxygen atoms in total. The molecule has 0 atom stereocenters. The molecule has 0 bridgehead atoms. The van der Waals surface area contributed by atoms with Crippen LogP contribution in [0.25, 0.3) is 0 Å². The molecule has 1 aromatic rings. The van der Waals surface area contributed by atoms with Gasteiger partial charge in [0, 0.05) is 0 Å². The number of aromatic hydroxyl groups is 2. The van der Waals surface area contributed by atoms with Crippen molar-refractivity contribution in [3.8, 4) is 11.5 Å². The summed E-state index contributed by atoms with van der Waals surface area (Å²) < 4.78 is 0. The Balaban J connectivity index is 1.87. The van der Waals surface area contributed by atoms with Crippen molar-refractivity contribution in [2.24, 2.45) is 0 Å². The second kappa shape index (κ2) is 15.5. The lowest BCUT2D eigenvalue weighted by atomic mass is 10.0. The predicted octanol–water partition coefficient (Wildman–Crippen LogP) is 7.45. The highest BCUT2D eigenvalue weighted by Gasteiger charge is 2.00. The zero-order chi connectivity index (χ0) is 18.9. The van der Waals surface area contributed by atoms with Crippen molar-refractivity contribution in [1.82, 2.24) is 0 Å². The van der Waals surface area contributed by atoms with E-state index in [-0.39, 0.29) is 11.5 Å². The number of allylic oxidation sites excluding steroid dienone is 4. The quantitative estimate of drug-likeness (QED) is 0.194. The summed E-state index contributed by atoms with van der Waals surface area (Å²) >= 11 is 0. The Labute approximate surface area is 160 Å². The molecule has 1 aromatic carbocycles. The van der Waals surface area contributed by atoms with E-state index in [0.717, 1.165) is 24.8 Å². The molecule has 26 heavy (non-hydrogen) atoms. The second-order valence-electron chi connectivity index (χ2n) is 7.16. The maximum Gasteiger partial charge on any atom is 0.157 e. The number of phenols is 2. The standard InChI is InChI=1S/C24H38O2/c1-2-3-4-5-6-7-8-9-10-11-12-13-14-15-16-17-18-22-19-20-23(25)24(26)21-22/h5-6,8-9,19-21,25-26H,2-4,7,10-18H2,1H3/b6-5-,9-8-. The molecule has 0 heterocycles. The van der Waals surface area contributed by atoms with Crippen molar-refractivity contribution >= 4 is 0 Å². The molecule has 0 aliphatic carbocycles. The predicted molar refractivity (Wildman–Crippen MR) is 113 cm³/mol. The summed E-state index contributed by atoms with van der Waals surface area (Å²) in [6.45, 7) is 2.23. The molecule has 0 aliphatic rings. The minimum Gasteiger partial charge on any atom is -0.504 e. The Bertz CT molecular complexity index is 517. The van der Waals surface area contributed by atoms with Gasteiger partial charge in [-0.3, -0.25) is 0 Å². The van der Waals surface area contributed by atoms with E-state index in [0.29, 0.717) is 0 Å². The van der Waals surface area contributed by atoms with Gasteiger partial charge in [0.25, 0.3) is 0 Å². The van der Waals surface area contributed by atoms with Crippen molar-refractivity contribution in [2.45, 2.75) is 90.4 Å². The van der Waals surface area contributed by atoms with Crippen LogP contribution in [0, 0.1) is 0 Å². The van der Waals surface area contributed by atoms with Crippen LogP contribution in [0.3, 0.4) is 0 Å². The van der Waals surface area contributed by atoms with Gasteiger partial charge in [-0.05, 0) is 56.2 Å². The maximum absolute atomic E-state index is 9.48. The van der Waals surface area contributed by atoms with Crippen LogP contribution in [0.2, 0.25) is 0 Å². The van der Waals surface area contributed by atoms with Gasteiger partial charge in [-0.15, -0.1) is 0 Å². The molecule has 1 rings (SSSR count). The topological polar surface area (TPSA) is 40.5 Å². The highest BCUT2D eigenvalue weighted by atomic mass is 16.3. The summed E-state index contributed by atoms with van der Waals surface area (Å²) in [5.41, 5.74) is 1.10. The molecule has 0 amide bonds. The highest BCUT2D eigenvalue weighted by molar-refractivity contribution is 5.40. The third kappa shape index (κ3) is 11.8. The number of hydrogen-bond donors (Lipinski definition) is 2. The summed E-state index contributed by atoms with van der Waals surface area (Å²) in [5.74, 6) is -0.0453. The summed E-state index contributed by atoms with van der Waals surface area (Å²) in [4.78, 5) is 0. The zero-order valence-corrected chi connectivity index (χ0v) is 16.6. The maximum atomic E-state index is 9.48. The van der Waals surface area contributed by atoms with E-state index in [9.17, 15) is 10.2 Å². The Morgan fingerprint density at radius 1 is 0.692 bits per heavy atom. The number of benzene rings is 1. The molecular formula is C24H38O2. The first kappa shape index (κ1) is 22.3. The van der Waals surface area contributed by atoms with E-state index in [1.54, 1.807) is 12.1 Å². The number of unbranched alkanes of at least 4 members (excludes halogenated alkanes) is 9. The Morgan fingerprint density at radius 2 is 1.31 bits per heavy atom. The van der Waals surface area contributed by atoms with E-state index in [1.165, 1.54) is 64.2 Å². The summed E-state index contributed by atoms with van der Waals surface area (Å²) in [5, 5.41) is 18.8. The van der Waals surface area contributed by atoms with Gasteiger partial charge in [0.05, 0.1) is 0 Å². The SMILES string of the molecule is CCCC/C=C\C/C=C\CCCCCCCCCc1ccc(O)c(O)c1. The fourth-order valence-corrected chi connectivity index (χ4v) is 3.03. The summed E-state index contributed by atoms with van der Waals surface area (Å²) in [6, 6.07) is 5.13. The van der Waals surface area contributed by atoms with E-state index in [4.69, 9.17) is 0 Å². The second-order valence-corrected chi connectivity index (χ2v) is 7.16. The number of hydrogen-bond acceptors (Lipinski definition) is 2. The van der Waals surface area contributed by atoms with Gasteiger partial charge in [-0.1, -0.05) is 82.2 Å². The van der Waals surface area contributed by atoms with Crippen LogP contribution in [0.4, 0.5) is 0 Å². The highest BCUT2D eigenvalue weighted by Crippen LogP contribution is 2.25. The number of rotatable bonds is 15. The van der Waals surface area contributed by atoms with Crippen molar-refractivity contribution in [1.29, 1.82) is 0 Å². The Morgan fingerprint density at radius 3 is 1.96 bits per heavy atom. The molecule has 0 fully saturated rings. The van der Waals surface area contributed by atoms with Crippen LogP contribution in [-0.2, 0) is 6.42 Å². The van der Waals surface area contributed by atoms with Gasteiger partial charge < -0.3 is 10.2 Å². The summed E-state index contributed by atoms with van der Waals surface area (Å²) in [6.07, 6.45) is 25.3. The molecule has 0 radical (unpaired) electrons. The lowest BCUT2D eigenvalue weighted by molar-refractivity contribution is 0.403. The van der Waals surface area contributed by atoms with E-state index in [2.05, 4.69) is 31.2 Å². The smallest absolute Gasteiger partial charge is 0.157 e. The molecule has 0 spiro atoms. The average Bonchev–Trinajstić information content (AvgIpc) is 2.64. The zero-order valence-electron chi connectivity index (χ0n) is 16.6. The first-order chi connectivity index (χ1) is 12.7. The van der Waals surface area contributed by atoms with Crippen LogP contribution in [-0.4, -0.2) is 10.2 Å². The van der Waals surface area contributed by atoms with Crippen LogP contribution in [0.5, 0.6) is 11.5 Å². The van der Waals surface area contributed by atoms with Crippen molar-refractivity contribution < 1.29 is 10.2 Å². The van der Waals surface area contributed by atoms with Crippen LogP contribution in [0.1, 0.15) is 89.5 Å². The van der Waals surface area contributed by atoms with Crippen molar-refractivity contribution in [3.05, 3.63) is 48.1 Å². The first-order valence-corrected chi connectivity index (χ1v) is 10.5. The molecule has 2 N–H and O–H groups in total. The first-order valence-electron chi connectivity index (χ1n) is 10.5. The lowest BCUT2D eigenvalue weighted by Crippen LogP contribution is -1.86. The van der Waals surface area contributed by atoms with Crippen LogP contribution >= 0.6 is 0 Å². The number of phenolic OH excluding ortho intramolecular Hbond substituents is 2. The Kier molecular flexibility index (Phi) is 13.4. The van der Waals surface area contributed by atoms with Crippen LogP contribution in [0.15, 0.2) is 42.5 Å². The molecule has 0 saturated carbocycles. The monoisotopic (exact) mass is 358 g/mol. The third-order valence-electron chi connectivity index (χ3n) is 4.71. The van der Waals surface area contributed by atoms with Gasteiger partial charge in [0.2, 0.25) is 0 Å². The fourth-order valence-electron chi connectivity index (χ4n) is 3.03. The van der Waals surface area contributed by atoms with Gasteiger partial charge in [-0.25, -0.2) is 0 Å². The minimum atomic E-state index is -0.0352. The Hall–Kier alpha value is -1.70. The normalized spacial score (nSPS) is 11.7. The van der Waals surface area contributed by atoms with Crippen molar-refractivity contribution in [2.75, 3.05) is 0 Å². The van der Waals surface area contributed by atoms with Gasteiger partial charge in [0.1, 0.15) is 0 Å². The third-order valence-corrected chi connectivity index (χ3v) is 4.71. The molecule has 146 valence electrons. The lowest BCUT2D eigenvalue weighted by Gasteiger charge is -2.04. The largest absolute Gasteiger partial charge is 0.504 e. The molecule has 0 aliphatic heterocycles. The molecular weight excluding hydrogens is 320 g/mol. The van der Waals surface area contributed by atoms with E-state index < -0.39 is 0 Å². The molecule has 0 saturated heterocycles. The average molecular weight is 359 g/mol. The minimum absolute atomic E-state index is 0.0101. The summed E-state index contributed by atoms with van der Waals surface area (Å²) in [7, 11) is 0. The van der Waals surface area contributed by atoms with E-state index in [1.807, 2.05) is 6.07 Å². The van der Waals surface area contributed by atoms with Crippen LogP contribution < -0.4 is 0 Å². The number of aryl methyl sites for hydroxylation is 1. The van der Waals surface area contributed by atoms with Crippen molar-refractivity contribution in [3.63, 3.8) is 0 Å². The van der Waals surface area contributed by atoms with Gasteiger partial charge >= 0.3 is 0 Å². The fraction of sp³-hybridized carbons (Fsp3) is 0.583. The molecule has 2 heteroatoms. The molecule has 0 aromatic heterocycles. The molecule has 0 unspecified atom stereocenters. The van der Waals surface area contributed by atoms with Gasteiger partial charge in [0.15, 0.2) is 11.5 Å². The van der Waals surface area contributed by atoms with E-state index >= 15 is 0 Å². The van der Waals surface area contributed by atoms with Gasteiger partial charge in [-0.2, -0.15) is 0 Å².